The van der Waals surface area contributed by atoms with Crippen LogP contribution in [0.3, 0.4) is 0 Å². The molecule has 2 fully saturated rings. The molecule has 4 heteroatoms. The van der Waals surface area contributed by atoms with Gasteiger partial charge < -0.3 is 15.0 Å². The fourth-order valence-corrected chi connectivity index (χ4v) is 3.05. The smallest absolute Gasteiger partial charge is 0.220 e. The van der Waals surface area contributed by atoms with Crippen molar-refractivity contribution < 1.29 is 9.53 Å². The number of piperidine rings is 1. The molecule has 0 bridgehead atoms. The molecule has 0 aromatic rings. The van der Waals surface area contributed by atoms with Crippen LogP contribution in [0.15, 0.2) is 0 Å². The summed E-state index contributed by atoms with van der Waals surface area (Å²) in [6.45, 7) is 8.07. The number of carbonyl (C=O) groups excluding carboxylic acids is 1. The first-order chi connectivity index (χ1) is 9.28. The van der Waals surface area contributed by atoms with Gasteiger partial charge in [0.1, 0.15) is 0 Å². The predicted octanol–water partition coefficient (Wildman–Crippen LogP) is 1.65. The third-order valence-corrected chi connectivity index (χ3v) is 4.53. The van der Waals surface area contributed by atoms with Gasteiger partial charge in [0.05, 0.1) is 0 Å². The average Bonchev–Trinajstić information content (AvgIpc) is 2.92. The van der Waals surface area contributed by atoms with Gasteiger partial charge in [-0.1, -0.05) is 13.3 Å². The monoisotopic (exact) mass is 268 g/mol. The SMILES string of the molecule is CCC1CCN(CCNC(=O)CC2CCOC2)CC1. The zero-order valence-corrected chi connectivity index (χ0v) is 12.2. The maximum absolute atomic E-state index is 11.8. The van der Waals surface area contributed by atoms with E-state index in [1.165, 1.54) is 32.4 Å². The van der Waals surface area contributed by atoms with Crippen molar-refractivity contribution in [3.63, 3.8) is 0 Å². The second kappa shape index (κ2) is 7.85. The highest BCUT2D eigenvalue weighted by molar-refractivity contribution is 5.76. The van der Waals surface area contributed by atoms with E-state index >= 15 is 0 Å². The number of carbonyl (C=O) groups is 1. The lowest BCUT2D eigenvalue weighted by Gasteiger charge is -2.31. The third-order valence-electron chi connectivity index (χ3n) is 4.53. The maximum atomic E-state index is 11.8. The van der Waals surface area contributed by atoms with E-state index in [9.17, 15) is 4.79 Å². The second-order valence-corrected chi connectivity index (χ2v) is 5.98. The number of rotatable bonds is 6. The Bertz CT molecular complexity index is 269. The zero-order chi connectivity index (χ0) is 13.5. The van der Waals surface area contributed by atoms with E-state index in [0.29, 0.717) is 12.3 Å². The van der Waals surface area contributed by atoms with Crippen molar-refractivity contribution in [1.29, 1.82) is 0 Å². The molecule has 1 atom stereocenters. The molecule has 1 unspecified atom stereocenters. The molecule has 110 valence electrons. The Hall–Kier alpha value is -0.610. The Morgan fingerprint density at radius 1 is 1.26 bits per heavy atom. The van der Waals surface area contributed by atoms with Crippen LogP contribution in [0.4, 0.5) is 0 Å². The molecule has 2 aliphatic rings. The van der Waals surface area contributed by atoms with Crippen LogP contribution in [0.2, 0.25) is 0 Å². The predicted molar refractivity (Wildman–Crippen MR) is 76.0 cm³/mol. The fraction of sp³-hybridized carbons (Fsp3) is 0.933. The molecule has 2 rings (SSSR count). The number of likely N-dealkylation sites (tertiary alicyclic amines) is 1. The van der Waals surface area contributed by atoms with Gasteiger partial charge in [-0.3, -0.25) is 4.79 Å². The van der Waals surface area contributed by atoms with Crippen molar-refractivity contribution in [2.45, 2.75) is 39.0 Å². The summed E-state index contributed by atoms with van der Waals surface area (Å²) in [6, 6.07) is 0. The van der Waals surface area contributed by atoms with Crippen LogP contribution in [0.1, 0.15) is 39.0 Å². The molecule has 4 nitrogen and oxygen atoms in total. The minimum atomic E-state index is 0.193. The number of hydrogen-bond donors (Lipinski definition) is 1. The molecule has 0 aliphatic carbocycles. The Kier molecular flexibility index (Phi) is 6.11. The van der Waals surface area contributed by atoms with Gasteiger partial charge in [-0.05, 0) is 44.2 Å². The molecular formula is C15H28N2O2. The first kappa shape index (κ1) is 14.8. The average molecular weight is 268 g/mol. The van der Waals surface area contributed by atoms with Gasteiger partial charge in [0.15, 0.2) is 0 Å². The molecule has 0 saturated carbocycles. The van der Waals surface area contributed by atoms with Crippen molar-refractivity contribution in [2.24, 2.45) is 11.8 Å². The highest BCUT2D eigenvalue weighted by Gasteiger charge is 2.20. The van der Waals surface area contributed by atoms with Gasteiger partial charge in [0, 0.05) is 32.7 Å². The van der Waals surface area contributed by atoms with Crippen LogP contribution in [-0.2, 0) is 9.53 Å². The molecule has 1 amide bonds. The van der Waals surface area contributed by atoms with Crippen LogP contribution in [-0.4, -0.2) is 50.2 Å². The van der Waals surface area contributed by atoms with E-state index in [2.05, 4.69) is 17.1 Å². The van der Waals surface area contributed by atoms with E-state index in [1.807, 2.05) is 0 Å². The normalized spacial score (nSPS) is 25.6. The molecule has 1 N–H and O–H groups in total. The third kappa shape index (κ3) is 5.11. The summed E-state index contributed by atoms with van der Waals surface area (Å²) in [7, 11) is 0. The van der Waals surface area contributed by atoms with Gasteiger partial charge in [-0.15, -0.1) is 0 Å². The van der Waals surface area contributed by atoms with E-state index in [-0.39, 0.29) is 5.91 Å². The summed E-state index contributed by atoms with van der Waals surface area (Å²) < 4.78 is 5.29. The highest BCUT2D eigenvalue weighted by atomic mass is 16.5. The maximum Gasteiger partial charge on any atom is 0.220 e. The molecule has 0 radical (unpaired) electrons. The Labute approximate surface area is 116 Å². The summed E-state index contributed by atoms with van der Waals surface area (Å²) in [5.41, 5.74) is 0. The second-order valence-electron chi connectivity index (χ2n) is 5.98. The molecule has 2 saturated heterocycles. The van der Waals surface area contributed by atoms with E-state index in [4.69, 9.17) is 4.74 Å². The van der Waals surface area contributed by atoms with Crippen LogP contribution in [0.5, 0.6) is 0 Å². The van der Waals surface area contributed by atoms with Crippen molar-refractivity contribution in [3.8, 4) is 0 Å². The van der Waals surface area contributed by atoms with Gasteiger partial charge in [0.25, 0.3) is 0 Å². The van der Waals surface area contributed by atoms with Crippen LogP contribution >= 0.6 is 0 Å². The summed E-state index contributed by atoms with van der Waals surface area (Å²) >= 11 is 0. The Morgan fingerprint density at radius 3 is 2.68 bits per heavy atom. The summed E-state index contributed by atoms with van der Waals surface area (Å²) in [5.74, 6) is 1.56. The van der Waals surface area contributed by atoms with Crippen molar-refractivity contribution in [1.82, 2.24) is 10.2 Å². The standard InChI is InChI=1S/C15H28N2O2/c1-2-13-3-7-17(8-4-13)9-6-16-15(18)11-14-5-10-19-12-14/h13-14H,2-12H2,1H3,(H,16,18). The molecule has 19 heavy (non-hydrogen) atoms. The lowest BCUT2D eigenvalue weighted by Crippen LogP contribution is -2.39. The number of hydrogen-bond acceptors (Lipinski definition) is 3. The lowest BCUT2D eigenvalue weighted by atomic mass is 9.94. The van der Waals surface area contributed by atoms with Crippen LogP contribution < -0.4 is 5.32 Å². The van der Waals surface area contributed by atoms with Crippen molar-refractivity contribution in [3.05, 3.63) is 0 Å². The number of nitrogens with one attached hydrogen (secondary N) is 1. The molecule has 0 aromatic heterocycles. The number of amides is 1. The van der Waals surface area contributed by atoms with E-state index < -0.39 is 0 Å². The largest absolute Gasteiger partial charge is 0.381 e. The summed E-state index contributed by atoms with van der Waals surface area (Å²) in [5, 5.41) is 3.05. The first-order valence-electron chi connectivity index (χ1n) is 7.84. The molecular weight excluding hydrogens is 240 g/mol. The minimum Gasteiger partial charge on any atom is -0.381 e. The molecule has 0 aromatic carbocycles. The minimum absolute atomic E-state index is 0.193. The zero-order valence-electron chi connectivity index (χ0n) is 12.2. The summed E-state index contributed by atoms with van der Waals surface area (Å²) in [4.78, 5) is 14.2. The van der Waals surface area contributed by atoms with Crippen molar-refractivity contribution in [2.75, 3.05) is 39.4 Å². The van der Waals surface area contributed by atoms with Gasteiger partial charge in [-0.2, -0.15) is 0 Å². The molecule has 2 aliphatic heterocycles. The Balaban J connectivity index is 1.52. The van der Waals surface area contributed by atoms with Gasteiger partial charge in [-0.25, -0.2) is 0 Å². The van der Waals surface area contributed by atoms with E-state index in [1.54, 1.807) is 0 Å². The van der Waals surface area contributed by atoms with Gasteiger partial charge >= 0.3 is 0 Å². The summed E-state index contributed by atoms with van der Waals surface area (Å²) in [6.07, 6.45) is 5.64. The lowest BCUT2D eigenvalue weighted by molar-refractivity contribution is -0.122. The Morgan fingerprint density at radius 2 is 2.05 bits per heavy atom. The molecule has 2 heterocycles. The van der Waals surface area contributed by atoms with E-state index in [0.717, 1.165) is 38.6 Å². The highest BCUT2D eigenvalue weighted by Crippen LogP contribution is 2.19. The van der Waals surface area contributed by atoms with Crippen molar-refractivity contribution >= 4 is 5.91 Å². The number of ether oxygens (including phenoxy) is 1. The number of nitrogens with zero attached hydrogens (tertiary/aromatic N) is 1. The first-order valence-corrected chi connectivity index (χ1v) is 7.84. The molecule has 0 spiro atoms. The van der Waals surface area contributed by atoms with Gasteiger partial charge in [0.2, 0.25) is 5.91 Å². The van der Waals surface area contributed by atoms with Crippen LogP contribution in [0, 0.1) is 11.8 Å². The van der Waals surface area contributed by atoms with Crippen LogP contribution in [0.25, 0.3) is 0 Å². The quantitative estimate of drug-likeness (QED) is 0.796. The fourth-order valence-electron chi connectivity index (χ4n) is 3.05. The topological polar surface area (TPSA) is 41.6 Å².